The van der Waals surface area contributed by atoms with Crippen LogP contribution in [0.15, 0.2) is 16.6 Å². The van der Waals surface area contributed by atoms with Crippen LogP contribution in [0.2, 0.25) is 0 Å². The maximum absolute atomic E-state index is 11.2. The van der Waals surface area contributed by atoms with Gasteiger partial charge in [0.15, 0.2) is 11.5 Å². The van der Waals surface area contributed by atoms with Gasteiger partial charge in [0, 0.05) is 23.9 Å². The van der Waals surface area contributed by atoms with E-state index in [2.05, 4.69) is 15.9 Å². The Kier molecular flexibility index (Phi) is 2.94. The summed E-state index contributed by atoms with van der Waals surface area (Å²) in [6.07, 6.45) is 2.82. The lowest BCUT2D eigenvalue weighted by Crippen LogP contribution is -2.45. The van der Waals surface area contributed by atoms with Crippen LogP contribution in [0, 0.1) is 0 Å². The zero-order valence-electron chi connectivity index (χ0n) is 10.2. The lowest BCUT2D eigenvalue weighted by Gasteiger charge is -2.35. The van der Waals surface area contributed by atoms with Crippen LogP contribution < -0.4 is 15.2 Å². The van der Waals surface area contributed by atoms with Gasteiger partial charge in [0.05, 0.1) is 5.92 Å². The second kappa shape index (κ2) is 4.38. The normalized spacial score (nSPS) is 20.1. The van der Waals surface area contributed by atoms with Gasteiger partial charge >= 0.3 is 5.97 Å². The van der Waals surface area contributed by atoms with Crippen LogP contribution in [-0.4, -0.2) is 23.4 Å². The average Bonchev–Trinajstić information content (AvgIpc) is 2.68. The molecule has 102 valence electrons. The van der Waals surface area contributed by atoms with Gasteiger partial charge in [-0.3, -0.25) is 4.79 Å². The third-order valence-corrected chi connectivity index (χ3v) is 4.37. The first kappa shape index (κ1) is 12.7. The number of aliphatic carboxylic acids is 1. The van der Waals surface area contributed by atoms with Gasteiger partial charge in [0.2, 0.25) is 0 Å². The number of carboxylic acids is 1. The molecule has 1 aliphatic heterocycles. The molecule has 1 saturated carbocycles. The molecule has 1 spiro atoms. The van der Waals surface area contributed by atoms with Crippen molar-refractivity contribution in [3.05, 3.63) is 22.2 Å². The number of halogens is 1. The predicted molar refractivity (Wildman–Crippen MR) is 71.4 cm³/mol. The quantitative estimate of drug-likeness (QED) is 0.889. The van der Waals surface area contributed by atoms with Gasteiger partial charge in [-0.15, -0.1) is 0 Å². The molecular weight excluding hydrogens is 314 g/mol. The molecule has 5 nitrogen and oxygen atoms in total. The minimum Gasteiger partial charge on any atom is -0.481 e. The van der Waals surface area contributed by atoms with Crippen LogP contribution >= 0.6 is 15.9 Å². The monoisotopic (exact) mass is 327 g/mol. The van der Waals surface area contributed by atoms with Gasteiger partial charge in [-0.25, -0.2) is 0 Å². The molecule has 0 amide bonds. The molecule has 1 aliphatic carbocycles. The first-order chi connectivity index (χ1) is 9.04. The molecule has 0 bridgehead atoms. The third kappa shape index (κ3) is 1.99. The molecule has 1 fully saturated rings. The van der Waals surface area contributed by atoms with Gasteiger partial charge in [0.1, 0.15) is 0 Å². The van der Waals surface area contributed by atoms with Gasteiger partial charge in [-0.05, 0) is 24.1 Å². The fourth-order valence-corrected chi connectivity index (χ4v) is 3.03. The molecule has 1 aromatic rings. The summed E-state index contributed by atoms with van der Waals surface area (Å²) in [5, 5.41) is 9.19. The highest BCUT2D eigenvalue weighted by atomic mass is 79.9. The van der Waals surface area contributed by atoms with Crippen molar-refractivity contribution in [2.45, 2.75) is 31.0 Å². The van der Waals surface area contributed by atoms with Crippen LogP contribution in [0.25, 0.3) is 0 Å². The van der Waals surface area contributed by atoms with Crippen LogP contribution in [-0.2, 0) is 4.79 Å². The van der Waals surface area contributed by atoms with Crippen LogP contribution in [0.5, 0.6) is 11.5 Å². The number of benzene rings is 1. The Morgan fingerprint density at radius 2 is 2.05 bits per heavy atom. The molecule has 3 rings (SSSR count). The topological polar surface area (TPSA) is 81.8 Å². The smallest absolute Gasteiger partial charge is 0.312 e. The van der Waals surface area contributed by atoms with E-state index < -0.39 is 17.7 Å². The number of rotatable bonds is 3. The summed E-state index contributed by atoms with van der Waals surface area (Å²) in [6, 6.07) is 3.49. The highest BCUT2D eigenvalue weighted by molar-refractivity contribution is 9.10. The fourth-order valence-electron chi connectivity index (χ4n) is 2.43. The fraction of sp³-hybridized carbons (Fsp3) is 0.462. The third-order valence-electron chi connectivity index (χ3n) is 3.68. The van der Waals surface area contributed by atoms with Crippen molar-refractivity contribution in [1.29, 1.82) is 0 Å². The Morgan fingerprint density at radius 3 is 2.53 bits per heavy atom. The van der Waals surface area contributed by atoms with Crippen molar-refractivity contribution in [1.82, 2.24) is 0 Å². The van der Waals surface area contributed by atoms with Crippen LogP contribution in [0.1, 0.15) is 30.7 Å². The van der Waals surface area contributed by atoms with Crippen molar-refractivity contribution < 1.29 is 19.4 Å². The summed E-state index contributed by atoms with van der Waals surface area (Å²) in [7, 11) is 0. The van der Waals surface area contributed by atoms with Gasteiger partial charge in [-0.2, -0.15) is 0 Å². The Balaban J connectivity index is 1.97. The molecule has 1 heterocycles. The standard InChI is InChI=1S/C13H14BrNO4/c14-9-5-11-10(18-13(19-11)2-1-3-13)4-7(9)8(6-15)12(16)17/h4-5,8H,1-3,6,15H2,(H,16,17). The second-order valence-corrected chi connectivity index (χ2v) is 5.77. The molecule has 19 heavy (non-hydrogen) atoms. The van der Waals surface area contributed by atoms with Gasteiger partial charge in [-0.1, -0.05) is 15.9 Å². The lowest BCUT2D eigenvalue weighted by molar-refractivity contribution is -0.138. The zero-order chi connectivity index (χ0) is 13.6. The van der Waals surface area contributed by atoms with E-state index in [9.17, 15) is 9.90 Å². The summed E-state index contributed by atoms with van der Waals surface area (Å²) in [5.41, 5.74) is 6.16. The number of nitrogens with two attached hydrogens (primary N) is 1. The van der Waals surface area contributed by atoms with Crippen molar-refractivity contribution in [2.75, 3.05) is 6.54 Å². The minimum atomic E-state index is -0.944. The second-order valence-electron chi connectivity index (χ2n) is 4.92. The molecular formula is C13H14BrNO4. The van der Waals surface area contributed by atoms with E-state index in [4.69, 9.17) is 15.2 Å². The molecule has 6 heteroatoms. The van der Waals surface area contributed by atoms with E-state index in [0.717, 1.165) is 19.3 Å². The van der Waals surface area contributed by atoms with Crippen molar-refractivity contribution in [3.63, 3.8) is 0 Å². The molecule has 1 aromatic carbocycles. The highest BCUT2D eigenvalue weighted by Crippen LogP contribution is 2.50. The van der Waals surface area contributed by atoms with Crippen molar-refractivity contribution >= 4 is 21.9 Å². The van der Waals surface area contributed by atoms with E-state index >= 15 is 0 Å². The number of ether oxygens (including phenoxy) is 2. The van der Waals surface area contributed by atoms with Crippen LogP contribution in [0.3, 0.4) is 0 Å². The largest absolute Gasteiger partial charge is 0.481 e. The molecule has 0 aromatic heterocycles. The Hall–Kier alpha value is -1.27. The van der Waals surface area contributed by atoms with E-state index in [-0.39, 0.29) is 6.54 Å². The lowest BCUT2D eigenvalue weighted by atomic mass is 9.91. The molecule has 0 saturated heterocycles. The molecule has 0 radical (unpaired) electrons. The first-order valence-electron chi connectivity index (χ1n) is 6.19. The highest BCUT2D eigenvalue weighted by Gasteiger charge is 2.47. The zero-order valence-corrected chi connectivity index (χ0v) is 11.8. The maximum atomic E-state index is 11.2. The summed E-state index contributed by atoms with van der Waals surface area (Å²) >= 11 is 3.38. The summed E-state index contributed by atoms with van der Waals surface area (Å²) in [5.74, 6) is -0.933. The Morgan fingerprint density at radius 1 is 1.42 bits per heavy atom. The number of fused-ring (bicyclic) bond motifs is 1. The van der Waals surface area contributed by atoms with Crippen molar-refractivity contribution in [3.8, 4) is 11.5 Å². The number of carboxylic acid groups (broad SMARTS) is 1. The minimum absolute atomic E-state index is 0.0404. The first-order valence-corrected chi connectivity index (χ1v) is 6.98. The molecule has 3 N–H and O–H groups in total. The number of hydrogen-bond acceptors (Lipinski definition) is 4. The Bertz CT molecular complexity index is 542. The van der Waals surface area contributed by atoms with E-state index in [0.29, 0.717) is 21.5 Å². The predicted octanol–water partition coefficient (Wildman–Crippen LogP) is 2.23. The summed E-state index contributed by atoms with van der Waals surface area (Å²) in [6.45, 7) is 0.0404. The van der Waals surface area contributed by atoms with Crippen LogP contribution in [0.4, 0.5) is 0 Å². The van der Waals surface area contributed by atoms with E-state index in [1.807, 2.05) is 0 Å². The number of carbonyl (C=O) groups is 1. The molecule has 2 aliphatic rings. The molecule has 1 atom stereocenters. The number of hydrogen-bond donors (Lipinski definition) is 2. The van der Waals surface area contributed by atoms with Gasteiger partial charge in [0.25, 0.3) is 5.79 Å². The summed E-state index contributed by atoms with van der Waals surface area (Å²) in [4.78, 5) is 11.2. The van der Waals surface area contributed by atoms with E-state index in [1.54, 1.807) is 12.1 Å². The Labute approximate surface area is 118 Å². The van der Waals surface area contributed by atoms with E-state index in [1.165, 1.54) is 0 Å². The molecule has 1 unspecified atom stereocenters. The average molecular weight is 328 g/mol. The van der Waals surface area contributed by atoms with Crippen molar-refractivity contribution in [2.24, 2.45) is 5.73 Å². The SMILES string of the molecule is NCC(C(=O)O)c1cc2c(cc1Br)OC1(CCC1)O2. The van der Waals surface area contributed by atoms with Gasteiger partial charge < -0.3 is 20.3 Å². The maximum Gasteiger partial charge on any atom is 0.312 e. The summed E-state index contributed by atoms with van der Waals surface area (Å²) < 4.78 is 12.3.